The standard InChI is InChI=1S/C14H16N2/c1-10-7-8-12-13(9-10)16-14(15-12)11-5-3-2-4-6-11/h5,7-9H,2-4,6H2,1H3,(H,15,16). The molecule has 1 aromatic carbocycles. The van der Waals surface area contributed by atoms with Gasteiger partial charge < -0.3 is 4.98 Å². The summed E-state index contributed by atoms with van der Waals surface area (Å²) >= 11 is 0. The van der Waals surface area contributed by atoms with Gasteiger partial charge >= 0.3 is 0 Å². The first-order valence-corrected chi connectivity index (χ1v) is 5.99. The van der Waals surface area contributed by atoms with E-state index in [-0.39, 0.29) is 0 Å². The molecule has 0 spiro atoms. The Morgan fingerprint density at radius 1 is 1.25 bits per heavy atom. The van der Waals surface area contributed by atoms with Crippen LogP contribution < -0.4 is 0 Å². The molecular weight excluding hydrogens is 196 g/mol. The van der Waals surface area contributed by atoms with Crippen LogP contribution in [0.25, 0.3) is 16.6 Å². The molecule has 0 bridgehead atoms. The van der Waals surface area contributed by atoms with Gasteiger partial charge in [0.05, 0.1) is 11.0 Å². The van der Waals surface area contributed by atoms with Crippen molar-refractivity contribution >= 4 is 16.6 Å². The van der Waals surface area contributed by atoms with E-state index in [0.29, 0.717) is 0 Å². The first-order valence-electron chi connectivity index (χ1n) is 5.99. The predicted molar refractivity (Wildman–Crippen MR) is 67.3 cm³/mol. The molecule has 0 unspecified atom stereocenters. The summed E-state index contributed by atoms with van der Waals surface area (Å²) in [6, 6.07) is 6.37. The Balaban J connectivity index is 2.07. The van der Waals surface area contributed by atoms with Gasteiger partial charge in [0.15, 0.2) is 0 Å². The first kappa shape index (κ1) is 9.64. The van der Waals surface area contributed by atoms with Crippen LogP contribution in [-0.2, 0) is 0 Å². The van der Waals surface area contributed by atoms with Crippen molar-refractivity contribution in [2.24, 2.45) is 0 Å². The Hall–Kier alpha value is -1.57. The van der Waals surface area contributed by atoms with Crippen molar-refractivity contribution < 1.29 is 0 Å². The summed E-state index contributed by atoms with van der Waals surface area (Å²) in [4.78, 5) is 8.08. The Bertz CT molecular complexity index is 549. The number of aromatic amines is 1. The highest BCUT2D eigenvalue weighted by molar-refractivity contribution is 5.79. The van der Waals surface area contributed by atoms with Crippen molar-refractivity contribution in [3.05, 3.63) is 35.7 Å². The summed E-state index contributed by atoms with van der Waals surface area (Å²) in [6.07, 6.45) is 7.31. The molecule has 82 valence electrons. The van der Waals surface area contributed by atoms with Gasteiger partial charge in [0.2, 0.25) is 0 Å². The van der Waals surface area contributed by atoms with Crippen LogP contribution >= 0.6 is 0 Å². The molecule has 1 N–H and O–H groups in total. The molecule has 2 aromatic rings. The molecule has 0 aliphatic heterocycles. The second-order valence-corrected chi connectivity index (χ2v) is 4.58. The third kappa shape index (κ3) is 1.64. The maximum Gasteiger partial charge on any atom is 0.134 e. The van der Waals surface area contributed by atoms with Crippen molar-refractivity contribution in [2.75, 3.05) is 0 Å². The molecule has 1 aliphatic rings. The van der Waals surface area contributed by atoms with Crippen LogP contribution in [0.3, 0.4) is 0 Å². The fraction of sp³-hybridized carbons (Fsp3) is 0.357. The number of rotatable bonds is 1. The number of nitrogens with one attached hydrogen (secondary N) is 1. The van der Waals surface area contributed by atoms with Gasteiger partial charge in [-0.1, -0.05) is 12.1 Å². The van der Waals surface area contributed by atoms with Gasteiger partial charge in [-0.15, -0.1) is 0 Å². The number of aryl methyl sites for hydroxylation is 1. The molecule has 2 heteroatoms. The van der Waals surface area contributed by atoms with Crippen LogP contribution in [0, 0.1) is 6.92 Å². The van der Waals surface area contributed by atoms with E-state index in [9.17, 15) is 0 Å². The second kappa shape index (κ2) is 3.78. The van der Waals surface area contributed by atoms with E-state index < -0.39 is 0 Å². The minimum atomic E-state index is 1.07. The fourth-order valence-corrected chi connectivity index (χ4v) is 2.33. The van der Waals surface area contributed by atoms with Crippen molar-refractivity contribution in [2.45, 2.75) is 32.6 Å². The minimum absolute atomic E-state index is 1.07. The number of fused-ring (bicyclic) bond motifs is 1. The van der Waals surface area contributed by atoms with E-state index in [1.165, 1.54) is 36.8 Å². The lowest BCUT2D eigenvalue weighted by Crippen LogP contribution is -1.93. The Morgan fingerprint density at radius 2 is 2.19 bits per heavy atom. The van der Waals surface area contributed by atoms with Gasteiger partial charge in [0.1, 0.15) is 5.82 Å². The summed E-state index contributed by atoms with van der Waals surface area (Å²) in [5.74, 6) is 1.07. The predicted octanol–water partition coefficient (Wildman–Crippen LogP) is 3.83. The lowest BCUT2D eigenvalue weighted by molar-refractivity contribution is 0.738. The Labute approximate surface area is 95.4 Å². The van der Waals surface area contributed by atoms with Crippen molar-refractivity contribution in [3.63, 3.8) is 0 Å². The molecule has 0 saturated carbocycles. The van der Waals surface area contributed by atoms with E-state index in [1.54, 1.807) is 0 Å². The van der Waals surface area contributed by atoms with Gasteiger partial charge in [-0.2, -0.15) is 0 Å². The van der Waals surface area contributed by atoms with Gasteiger partial charge in [-0.3, -0.25) is 0 Å². The lowest BCUT2D eigenvalue weighted by atomic mass is 9.99. The fourth-order valence-electron chi connectivity index (χ4n) is 2.33. The lowest BCUT2D eigenvalue weighted by Gasteiger charge is -2.09. The molecule has 0 amide bonds. The summed E-state index contributed by atoms with van der Waals surface area (Å²) in [5.41, 5.74) is 4.90. The zero-order valence-electron chi connectivity index (χ0n) is 9.59. The smallest absolute Gasteiger partial charge is 0.134 e. The SMILES string of the molecule is Cc1ccc2nc(C3=CCCCC3)[nH]c2c1. The number of allylic oxidation sites excluding steroid dienone is 2. The number of imidazole rings is 1. The summed E-state index contributed by atoms with van der Waals surface area (Å²) < 4.78 is 0. The number of benzene rings is 1. The highest BCUT2D eigenvalue weighted by atomic mass is 14.9. The molecule has 0 atom stereocenters. The van der Waals surface area contributed by atoms with Crippen LogP contribution in [0.1, 0.15) is 37.1 Å². The largest absolute Gasteiger partial charge is 0.338 e. The zero-order valence-corrected chi connectivity index (χ0v) is 9.59. The van der Waals surface area contributed by atoms with Gasteiger partial charge in [-0.25, -0.2) is 4.98 Å². The average Bonchev–Trinajstić information content (AvgIpc) is 2.73. The number of aromatic nitrogens is 2. The molecule has 0 fully saturated rings. The third-order valence-electron chi connectivity index (χ3n) is 3.23. The Morgan fingerprint density at radius 3 is 3.00 bits per heavy atom. The highest BCUT2D eigenvalue weighted by Crippen LogP contribution is 2.26. The average molecular weight is 212 g/mol. The quantitative estimate of drug-likeness (QED) is 0.764. The Kier molecular flexibility index (Phi) is 2.28. The second-order valence-electron chi connectivity index (χ2n) is 4.58. The van der Waals surface area contributed by atoms with E-state index in [1.807, 2.05) is 0 Å². The number of hydrogen-bond donors (Lipinski definition) is 1. The number of nitrogens with zero attached hydrogens (tertiary/aromatic N) is 1. The zero-order chi connectivity index (χ0) is 11.0. The molecule has 0 saturated heterocycles. The van der Waals surface area contributed by atoms with E-state index in [4.69, 9.17) is 0 Å². The minimum Gasteiger partial charge on any atom is -0.338 e. The summed E-state index contributed by atoms with van der Waals surface area (Å²) in [6.45, 7) is 2.11. The molecule has 16 heavy (non-hydrogen) atoms. The monoisotopic (exact) mass is 212 g/mol. The van der Waals surface area contributed by atoms with E-state index in [0.717, 1.165) is 16.9 Å². The van der Waals surface area contributed by atoms with Gasteiger partial charge in [-0.05, 0) is 55.9 Å². The maximum absolute atomic E-state index is 4.65. The van der Waals surface area contributed by atoms with Crippen molar-refractivity contribution in [3.8, 4) is 0 Å². The maximum atomic E-state index is 4.65. The summed E-state index contributed by atoms with van der Waals surface area (Å²) in [5, 5.41) is 0. The molecule has 1 aliphatic carbocycles. The van der Waals surface area contributed by atoms with Crippen molar-refractivity contribution in [1.29, 1.82) is 0 Å². The number of H-pyrrole nitrogens is 1. The molecule has 3 rings (SSSR count). The normalized spacial score (nSPS) is 16.4. The van der Waals surface area contributed by atoms with Crippen LogP contribution in [0.4, 0.5) is 0 Å². The van der Waals surface area contributed by atoms with E-state index in [2.05, 4.69) is 41.2 Å². The topological polar surface area (TPSA) is 28.7 Å². The van der Waals surface area contributed by atoms with Crippen LogP contribution in [0.2, 0.25) is 0 Å². The third-order valence-corrected chi connectivity index (χ3v) is 3.23. The molecule has 0 radical (unpaired) electrons. The van der Waals surface area contributed by atoms with Crippen LogP contribution in [-0.4, -0.2) is 9.97 Å². The molecule has 1 heterocycles. The van der Waals surface area contributed by atoms with Gasteiger partial charge in [0.25, 0.3) is 0 Å². The summed E-state index contributed by atoms with van der Waals surface area (Å²) in [7, 11) is 0. The van der Waals surface area contributed by atoms with Crippen molar-refractivity contribution in [1.82, 2.24) is 9.97 Å². The van der Waals surface area contributed by atoms with E-state index >= 15 is 0 Å². The molecule has 1 aromatic heterocycles. The number of hydrogen-bond acceptors (Lipinski definition) is 1. The van der Waals surface area contributed by atoms with Gasteiger partial charge in [0, 0.05) is 0 Å². The highest BCUT2D eigenvalue weighted by Gasteiger charge is 2.10. The molecular formula is C14H16N2. The van der Waals surface area contributed by atoms with Crippen LogP contribution in [0.15, 0.2) is 24.3 Å². The van der Waals surface area contributed by atoms with Crippen LogP contribution in [0.5, 0.6) is 0 Å². The first-order chi connectivity index (χ1) is 7.83. The molecule has 2 nitrogen and oxygen atoms in total.